The summed E-state index contributed by atoms with van der Waals surface area (Å²) in [5, 5.41) is -1.80. The number of hydrogen-bond acceptors (Lipinski definition) is 1. The summed E-state index contributed by atoms with van der Waals surface area (Å²) in [5.41, 5.74) is 1.38. The van der Waals surface area contributed by atoms with Gasteiger partial charge >= 0.3 is 0 Å². The van der Waals surface area contributed by atoms with Gasteiger partial charge in [-0.25, -0.2) is 4.98 Å². The van der Waals surface area contributed by atoms with Crippen LogP contribution < -0.4 is 0 Å². The number of fused-ring (bicyclic) bond motifs is 4. The number of aromatic nitrogens is 2. The van der Waals surface area contributed by atoms with Crippen molar-refractivity contribution < 1.29 is 20.6 Å². The van der Waals surface area contributed by atoms with Crippen molar-refractivity contribution in [1.82, 2.24) is 9.55 Å². The van der Waals surface area contributed by atoms with Crippen LogP contribution in [0.3, 0.4) is 0 Å². The van der Waals surface area contributed by atoms with Crippen molar-refractivity contribution >= 4 is 43.4 Å². The smallest absolute Gasteiger partial charge is 0.114 e. The van der Waals surface area contributed by atoms with Gasteiger partial charge in [-0.3, -0.25) is 4.57 Å². The Morgan fingerprint density at radius 3 is 1.98 bits per heavy atom. The van der Waals surface area contributed by atoms with Gasteiger partial charge in [0.2, 0.25) is 0 Å². The summed E-state index contributed by atoms with van der Waals surface area (Å²) in [4.78, 5) is 4.82. The van der Waals surface area contributed by atoms with Crippen molar-refractivity contribution in [3.8, 4) is 27.9 Å². The number of imidazole rings is 1. The first-order valence-corrected chi connectivity index (χ1v) is 13.1. The second-order valence-electron chi connectivity index (χ2n) is 9.47. The first kappa shape index (κ1) is 13.0. The number of para-hydroxylation sites is 3. The molecule has 0 aliphatic heterocycles. The van der Waals surface area contributed by atoms with Crippen molar-refractivity contribution in [1.29, 1.82) is 0 Å². The van der Waals surface area contributed by atoms with Crippen LogP contribution in [0.25, 0.3) is 71.3 Å². The highest BCUT2D eigenvalue weighted by atomic mass is 15.1. The van der Waals surface area contributed by atoms with Gasteiger partial charge in [-0.1, -0.05) is 122 Å². The van der Waals surface area contributed by atoms with Gasteiger partial charge in [0, 0.05) is 12.0 Å². The molecule has 0 fully saturated rings. The molecular formula is C39H28N2. The van der Waals surface area contributed by atoms with Crippen molar-refractivity contribution in [2.75, 3.05) is 0 Å². The molecule has 1 heterocycles. The predicted molar refractivity (Wildman–Crippen MR) is 174 cm³/mol. The summed E-state index contributed by atoms with van der Waals surface area (Å²) in [7, 11) is 0. The van der Waals surface area contributed by atoms with E-state index in [1.54, 1.807) is 24.3 Å². The van der Waals surface area contributed by atoms with E-state index >= 15 is 0 Å². The molecule has 8 rings (SSSR count). The molecule has 0 saturated carbocycles. The Balaban J connectivity index is 1.71. The normalized spacial score (nSPS) is 16.8. The third kappa shape index (κ3) is 3.68. The largest absolute Gasteiger partial charge is 0.296 e. The van der Waals surface area contributed by atoms with E-state index in [1.165, 1.54) is 0 Å². The summed E-state index contributed by atoms with van der Waals surface area (Å²) >= 11 is 0. The number of hydrogen-bond donors (Lipinski definition) is 0. The molecule has 7 aromatic carbocycles. The molecule has 0 radical (unpaired) electrons. The molecule has 1 aromatic heterocycles. The van der Waals surface area contributed by atoms with Crippen LogP contribution >= 0.6 is 0 Å². The molecular weight excluding hydrogens is 496 g/mol. The zero-order valence-electron chi connectivity index (χ0n) is 36.7. The fourth-order valence-electron chi connectivity index (χ4n) is 5.51. The minimum absolute atomic E-state index is 0.0278. The molecule has 0 N–H and O–H groups in total. The minimum atomic E-state index is -0.736. The lowest BCUT2D eigenvalue weighted by atomic mass is 9.85. The highest BCUT2D eigenvalue weighted by Crippen LogP contribution is 2.45. The van der Waals surface area contributed by atoms with Crippen molar-refractivity contribution in [2.45, 2.75) is 13.3 Å². The molecule has 194 valence electrons. The SMILES string of the molecule is [2H]c1c([2H])c([2H])c2c([2H])c(-c3c4c([2H])c([2H])c([2H])c([2H])c4c(-c4ccccc4-n4c(CC)nc5ccccc54)c4c([2H])c([2H])c([2H])c([2H])c34)c([2H])c([2H])c2c1[2H]. The molecule has 2 nitrogen and oxygen atoms in total. The fraction of sp³-hybridized carbons (Fsp3) is 0.0513. The van der Waals surface area contributed by atoms with Crippen LogP contribution in [0.5, 0.6) is 0 Å². The van der Waals surface area contributed by atoms with E-state index in [4.69, 9.17) is 17.3 Å². The molecule has 0 atom stereocenters. The predicted octanol–water partition coefficient (Wildman–Crippen LogP) is 10.4. The van der Waals surface area contributed by atoms with Crippen molar-refractivity contribution in [2.24, 2.45) is 0 Å². The number of benzene rings is 7. The molecule has 8 aromatic rings. The zero-order valence-corrected chi connectivity index (χ0v) is 21.7. The summed E-state index contributed by atoms with van der Waals surface area (Å²) < 4.78 is 136. The van der Waals surface area contributed by atoms with E-state index in [1.807, 2.05) is 35.8 Å². The maximum Gasteiger partial charge on any atom is 0.114 e. The molecule has 0 saturated heterocycles. The van der Waals surface area contributed by atoms with Gasteiger partial charge in [-0.2, -0.15) is 0 Å². The summed E-state index contributed by atoms with van der Waals surface area (Å²) in [6.45, 7) is 1.92. The van der Waals surface area contributed by atoms with Crippen LogP contribution in [0.15, 0.2) is 139 Å². The third-order valence-electron chi connectivity index (χ3n) is 7.24. The zero-order chi connectivity index (χ0) is 40.4. The number of rotatable bonds is 4. The van der Waals surface area contributed by atoms with Gasteiger partial charge in [-0.05, 0) is 73.2 Å². The second kappa shape index (κ2) is 9.46. The van der Waals surface area contributed by atoms with E-state index < -0.39 is 107 Å². The van der Waals surface area contributed by atoms with Crippen molar-refractivity contribution in [3.05, 3.63) is 145 Å². The van der Waals surface area contributed by atoms with Crippen LogP contribution in [0.2, 0.25) is 0 Å². The van der Waals surface area contributed by atoms with Crippen LogP contribution in [0.4, 0.5) is 0 Å². The Labute approximate surface area is 260 Å². The van der Waals surface area contributed by atoms with E-state index in [0.29, 0.717) is 34.5 Å². The first-order chi connectivity index (χ1) is 26.6. The Bertz CT molecular complexity index is 3000. The highest BCUT2D eigenvalue weighted by Gasteiger charge is 2.20. The molecule has 41 heavy (non-hydrogen) atoms. The van der Waals surface area contributed by atoms with Crippen LogP contribution in [-0.2, 0) is 6.42 Å². The molecule has 0 aliphatic rings. The lowest BCUT2D eigenvalue weighted by molar-refractivity contribution is 0.909. The summed E-state index contributed by atoms with van der Waals surface area (Å²) in [5.74, 6) is 0.647. The van der Waals surface area contributed by atoms with E-state index in [2.05, 4.69) is 0 Å². The molecule has 2 heteroatoms. The number of nitrogens with zero attached hydrogens (tertiary/aromatic N) is 2. The van der Waals surface area contributed by atoms with Gasteiger partial charge in [-0.15, -0.1) is 0 Å². The Hall–Kier alpha value is -5.21. The van der Waals surface area contributed by atoms with Gasteiger partial charge in [0.1, 0.15) is 5.82 Å². The Kier molecular flexibility index (Phi) is 2.99. The van der Waals surface area contributed by atoms with Crippen LogP contribution in [-0.4, -0.2) is 9.55 Å². The molecule has 0 unspecified atom stereocenters. The van der Waals surface area contributed by atoms with Gasteiger partial charge in [0.05, 0.1) is 37.3 Å². The highest BCUT2D eigenvalue weighted by molar-refractivity contribution is 6.22. The average Bonchev–Trinajstić information content (AvgIpc) is 3.58. The minimum Gasteiger partial charge on any atom is -0.296 e. The maximum absolute atomic E-state index is 9.43. The lowest BCUT2D eigenvalue weighted by Gasteiger charge is -2.20. The number of aryl methyl sites for hydroxylation is 1. The summed E-state index contributed by atoms with van der Waals surface area (Å²) in [6, 6.07) is 4.35. The fourth-order valence-corrected chi connectivity index (χ4v) is 5.51. The van der Waals surface area contributed by atoms with Crippen molar-refractivity contribution in [3.63, 3.8) is 0 Å². The standard InChI is InChI=1S/C39H28N2/c1-2-37-40-34-20-10-12-22-36(34)41(37)35-21-11-9-19-33(35)39-31-17-7-5-15-29(31)38(30-16-6-8-18-32(30)39)28-24-23-26-13-3-4-14-27(26)25-28/h3-25H,2H2,1H3/i3D,4D,5D,6D,7D,8D,13D,14D,15D,16D,17D,18D,23D,24D,25D. The lowest BCUT2D eigenvalue weighted by Crippen LogP contribution is -2.03. The summed E-state index contributed by atoms with van der Waals surface area (Å²) in [6.07, 6.45) is 0.485. The Morgan fingerprint density at radius 2 is 1.24 bits per heavy atom. The molecule has 0 amide bonds. The first-order valence-electron chi connectivity index (χ1n) is 20.6. The van der Waals surface area contributed by atoms with Gasteiger partial charge in [0.15, 0.2) is 0 Å². The van der Waals surface area contributed by atoms with E-state index in [0.717, 1.165) is 0 Å². The van der Waals surface area contributed by atoms with Gasteiger partial charge in [0.25, 0.3) is 0 Å². The average molecular weight is 540 g/mol. The van der Waals surface area contributed by atoms with E-state index in [-0.39, 0.29) is 32.7 Å². The third-order valence-corrected chi connectivity index (χ3v) is 7.24. The van der Waals surface area contributed by atoms with E-state index in [9.17, 15) is 8.22 Å². The Morgan fingerprint density at radius 1 is 0.634 bits per heavy atom. The molecule has 0 aliphatic carbocycles. The maximum atomic E-state index is 9.43. The van der Waals surface area contributed by atoms with Crippen LogP contribution in [0, 0.1) is 0 Å². The molecule has 0 spiro atoms. The quantitative estimate of drug-likeness (QED) is 0.203. The second-order valence-corrected chi connectivity index (χ2v) is 9.47. The topological polar surface area (TPSA) is 17.8 Å². The monoisotopic (exact) mass is 539 g/mol. The molecule has 0 bridgehead atoms. The van der Waals surface area contributed by atoms with Crippen LogP contribution in [0.1, 0.15) is 33.3 Å². The van der Waals surface area contributed by atoms with Gasteiger partial charge < -0.3 is 0 Å².